The molecule has 0 heterocycles. The molecule has 0 fully saturated rings. The number of hydrogen-bond donors (Lipinski definition) is 2. The molecule has 0 spiro atoms. The van der Waals surface area contributed by atoms with Crippen LogP contribution in [0.15, 0.2) is 46.9 Å². The summed E-state index contributed by atoms with van der Waals surface area (Å²) < 4.78 is 11.4. The van der Waals surface area contributed by atoms with Crippen LogP contribution < -0.4 is 20.1 Å². The molecular formula is C17H19BrN2O3. The lowest BCUT2D eigenvalue weighted by atomic mass is 10.2. The Hall–Kier alpha value is -2.21. The minimum atomic E-state index is -0.0697. The molecular weight excluding hydrogens is 360 g/mol. The molecule has 0 bridgehead atoms. The van der Waals surface area contributed by atoms with E-state index in [1.54, 1.807) is 32.4 Å². The topological polar surface area (TPSA) is 59.6 Å². The Labute approximate surface area is 144 Å². The summed E-state index contributed by atoms with van der Waals surface area (Å²) in [6, 6.07) is 13.1. The van der Waals surface area contributed by atoms with Crippen LogP contribution in [0, 0.1) is 0 Å². The van der Waals surface area contributed by atoms with Gasteiger partial charge in [-0.25, -0.2) is 0 Å². The van der Waals surface area contributed by atoms with E-state index in [-0.39, 0.29) is 5.91 Å². The maximum absolute atomic E-state index is 12.0. The number of carbonyl (C=O) groups is 1. The van der Waals surface area contributed by atoms with Crippen LogP contribution in [0.25, 0.3) is 0 Å². The van der Waals surface area contributed by atoms with Gasteiger partial charge in [0.15, 0.2) is 11.5 Å². The Morgan fingerprint density at radius 1 is 1.04 bits per heavy atom. The molecule has 0 aliphatic carbocycles. The fourth-order valence-electron chi connectivity index (χ4n) is 2.06. The van der Waals surface area contributed by atoms with Crippen LogP contribution in [0.3, 0.4) is 0 Å². The Kier molecular flexibility index (Phi) is 6.29. The zero-order chi connectivity index (χ0) is 16.7. The van der Waals surface area contributed by atoms with E-state index in [1.165, 1.54) is 0 Å². The number of anilines is 2. The van der Waals surface area contributed by atoms with Gasteiger partial charge in [-0.3, -0.25) is 4.79 Å². The van der Waals surface area contributed by atoms with Crippen LogP contribution in [0.4, 0.5) is 11.4 Å². The van der Waals surface area contributed by atoms with Gasteiger partial charge in [0.2, 0.25) is 5.91 Å². The van der Waals surface area contributed by atoms with Crippen molar-refractivity contribution in [2.75, 3.05) is 31.4 Å². The fourth-order valence-corrected chi connectivity index (χ4v) is 2.46. The second-order valence-corrected chi connectivity index (χ2v) is 5.72. The van der Waals surface area contributed by atoms with E-state index in [4.69, 9.17) is 9.47 Å². The van der Waals surface area contributed by atoms with Gasteiger partial charge < -0.3 is 20.1 Å². The Balaban J connectivity index is 1.85. The lowest BCUT2D eigenvalue weighted by Gasteiger charge is -2.11. The summed E-state index contributed by atoms with van der Waals surface area (Å²) in [6.45, 7) is 0.551. The van der Waals surface area contributed by atoms with Crippen LogP contribution >= 0.6 is 15.9 Å². The average Bonchev–Trinajstić information content (AvgIpc) is 2.54. The summed E-state index contributed by atoms with van der Waals surface area (Å²) in [5.74, 6) is 1.14. The van der Waals surface area contributed by atoms with Gasteiger partial charge in [-0.2, -0.15) is 0 Å². The van der Waals surface area contributed by atoms with E-state index >= 15 is 0 Å². The third-order valence-electron chi connectivity index (χ3n) is 3.17. The standard InChI is InChI=1S/C17H19BrN2O3/c1-22-15-7-6-14(11-16(15)23-2)20-17(21)8-9-19-13-5-3-4-12(18)10-13/h3-7,10-11,19H,8-9H2,1-2H3,(H,20,21). The van der Waals surface area contributed by atoms with Crippen molar-refractivity contribution >= 4 is 33.2 Å². The van der Waals surface area contributed by atoms with Gasteiger partial charge in [0.25, 0.3) is 0 Å². The first-order valence-corrected chi connectivity index (χ1v) is 7.93. The van der Waals surface area contributed by atoms with E-state index in [1.807, 2.05) is 24.3 Å². The van der Waals surface area contributed by atoms with E-state index < -0.39 is 0 Å². The summed E-state index contributed by atoms with van der Waals surface area (Å²) in [7, 11) is 3.13. The van der Waals surface area contributed by atoms with Crippen molar-refractivity contribution in [1.82, 2.24) is 0 Å². The summed E-state index contributed by atoms with van der Waals surface area (Å²) in [5.41, 5.74) is 1.65. The molecule has 6 heteroatoms. The maximum Gasteiger partial charge on any atom is 0.226 e. The first kappa shape index (κ1) is 17.1. The van der Waals surface area contributed by atoms with Gasteiger partial charge >= 0.3 is 0 Å². The number of halogens is 1. The van der Waals surface area contributed by atoms with E-state index in [2.05, 4.69) is 26.6 Å². The smallest absolute Gasteiger partial charge is 0.226 e. The minimum Gasteiger partial charge on any atom is -0.493 e. The van der Waals surface area contributed by atoms with Crippen LogP contribution in [-0.2, 0) is 4.79 Å². The van der Waals surface area contributed by atoms with Crippen molar-refractivity contribution < 1.29 is 14.3 Å². The first-order chi connectivity index (χ1) is 11.1. The molecule has 0 saturated carbocycles. The van der Waals surface area contributed by atoms with E-state index in [0.29, 0.717) is 30.2 Å². The molecule has 0 aliphatic heterocycles. The van der Waals surface area contributed by atoms with Crippen molar-refractivity contribution in [3.8, 4) is 11.5 Å². The predicted octanol–water partition coefficient (Wildman–Crippen LogP) is 3.91. The zero-order valence-electron chi connectivity index (χ0n) is 13.1. The molecule has 2 aromatic rings. The third kappa shape index (κ3) is 5.17. The summed E-state index contributed by atoms with van der Waals surface area (Å²) >= 11 is 3.41. The Morgan fingerprint density at radius 3 is 2.52 bits per heavy atom. The maximum atomic E-state index is 12.0. The second-order valence-electron chi connectivity index (χ2n) is 4.81. The number of benzene rings is 2. The highest BCUT2D eigenvalue weighted by Crippen LogP contribution is 2.29. The van der Waals surface area contributed by atoms with Gasteiger partial charge in [-0.05, 0) is 30.3 Å². The summed E-state index contributed by atoms with van der Waals surface area (Å²) in [5, 5.41) is 6.05. The predicted molar refractivity (Wildman–Crippen MR) is 95.4 cm³/mol. The lowest BCUT2D eigenvalue weighted by molar-refractivity contribution is -0.115. The van der Waals surface area contributed by atoms with Crippen LogP contribution in [0.2, 0.25) is 0 Å². The molecule has 2 N–H and O–H groups in total. The first-order valence-electron chi connectivity index (χ1n) is 7.13. The SMILES string of the molecule is COc1ccc(NC(=O)CCNc2cccc(Br)c2)cc1OC. The number of amides is 1. The van der Waals surface area contributed by atoms with Crippen molar-refractivity contribution in [2.24, 2.45) is 0 Å². The molecule has 0 aliphatic rings. The summed E-state index contributed by atoms with van der Waals surface area (Å²) in [6.07, 6.45) is 0.362. The molecule has 122 valence electrons. The molecule has 2 rings (SSSR count). The number of ether oxygens (including phenoxy) is 2. The number of hydrogen-bond acceptors (Lipinski definition) is 4. The molecule has 0 atom stereocenters. The normalized spacial score (nSPS) is 10.0. The van der Waals surface area contributed by atoms with Crippen molar-refractivity contribution in [2.45, 2.75) is 6.42 Å². The molecule has 0 aromatic heterocycles. The number of methoxy groups -OCH3 is 2. The largest absolute Gasteiger partial charge is 0.493 e. The molecule has 1 amide bonds. The molecule has 0 radical (unpaired) electrons. The highest BCUT2D eigenvalue weighted by atomic mass is 79.9. The third-order valence-corrected chi connectivity index (χ3v) is 3.67. The van der Waals surface area contributed by atoms with Gasteiger partial charge in [0.05, 0.1) is 14.2 Å². The Morgan fingerprint density at radius 2 is 1.83 bits per heavy atom. The van der Waals surface area contributed by atoms with Crippen LogP contribution in [-0.4, -0.2) is 26.7 Å². The molecule has 0 saturated heterocycles. The highest BCUT2D eigenvalue weighted by Gasteiger charge is 2.07. The van der Waals surface area contributed by atoms with Gasteiger partial charge in [0, 0.05) is 34.9 Å². The quantitative estimate of drug-likeness (QED) is 0.766. The van der Waals surface area contributed by atoms with E-state index in [0.717, 1.165) is 10.2 Å². The second kappa shape index (κ2) is 8.43. The van der Waals surface area contributed by atoms with Crippen LogP contribution in [0.1, 0.15) is 6.42 Å². The zero-order valence-corrected chi connectivity index (χ0v) is 14.6. The molecule has 0 unspecified atom stereocenters. The monoisotopic (exact) mass is 378 g/mol. The number of carbonyl (C=O) groups excluding carboxylic acids is 1. The molecule has 2 aromatic carbocycles. The van der Waals surface area contributed by atoms with Crippen LogP contribution in [0.5, 0.6) is 11.5 Å². The fraction of sp³-hybridized carbons (Fsp3) is 0.235. The minimum absolute atomic E-state index is 0.0697. The van der Waals surface area contributed by atoms with Gasteiger partial charge in [-0.1, -0.05) is 22.0 Å². The molecule has 5 nitrogen and oxygen atoms in total. The Bertz CT molecular complexity index is 677. The highest BCUT2D eigenvalue weighted by molar-refractivity contribution is 9.10. The average molecular weight is 379 g/mol. The molecule has 23 heavy (non-hydrogen) atoms. The number of nitrogens with one attached hydrogen (secondary N) is 2. The summed E-state index contributed by atoms with van der Waals surface area (Å²) in [4.78, 5) is 12.0. The van der Waals surface area contributed by atoms with Crippen molar-refractivity contribution in [3.05, 3.63) is 46.9 Å². The van der Waals surface area contributed by atoms with E-state index in [9.17, 15) is 4.79 Å². The number of rotatable bonds is 7. The van der Waals surface area contributed by atoms with Crippen molar-refractivity contribution in [3.63, 3.8) is 0 Å². The van der Waals surface area contributed by atoms with Crippen molar-refractivity contribution in [1.29, 1.82) is 0 Å². The lowest BCUT2D eigenvalue weighted by Crippen LogP contribution is -2.16. The van der Waals surface area contributed by atoms with Gasteiger partial charge in [0.1, 0.15) is 0 Å². The van der Waals surface area contributed by atoms with Gasteiger partial charge in [-0.15, -0.1) is 0 Å².